The predicted octanol–water partition coefficient (Wildman–Crippen LogP) is 5.01. The number of anilines is 2. The Morgan fingerprint density at radius 2 is 1.74 bits per heavy atom. The molecule has 0 fully saturated rings. The van der Waals surface area contributed by atoms with Crippen LogP contribution in [0.15, 0.2) is 54.6 Å². The first-order chi connectivity index (χ1) is 13.0. The number of pyridine rings is 1. The van der Waals surface area contributed by atoms with E-state index in [1.165, 1.54) is 12.1 Å². The van der Waals surface area contributed by atoms with Crippen LogP contribution < -0.4 is 10.1 Å². The number of nitrogens with zero attached hydrogens (tertiary/aromatic N) is 3. The third-order valence-electron chi connectivity index (χ3n) is 3.94. The first kappa shape index (κ1) is 17.9. The zero-order chi connectivity index (χ0) is 19.4. The van der Waals surface area contributed by atoms with Gasteiger partial charge in [0.15, 0.2) is 0 Å². The number of benzene rings is 2. The van der Waals surface area contributed by atoms with E-state index < -0.39 is 4.92 Å². The van der Waals surface area contributed by atoms with Crippen molar-refractivity contribution in [2.45, 2.75) is 13.8 Å². The smallest absolute Gasteiger partial charge is 0.311 e. The van der Waals surface area contributed by atoms with Crippen LogP contribution >= 0.6 is 0 Å². The fourth-order valence-electron chi connectivity index (χ4n) is 2.56. The van der Waals surface area contributed by atoms with E-state index in [1.807, 2.05) is 38.1 Å². The van der Waals surface area contributed by atoms with Crippen LogP contribution in [-0.4, -0.2) is 9.91 Å². The van der Waals surface area contributed by atoms with E-state index >= 15 is 0 Å². The van der Waals surface area contributed by atoms with Gasteiger partial charge in [-0.1, -0.05) is 18.2 Å². The number of para-hydroxylation sites is 1. The summed E-state index contributed by atoms with van der Waals surface area (Å²) in [5, 5.41) is 23.1. The van der Waals surface area contributed by atoms with E-state index in [0.29, 0.717) is 17.0 Å². The zero-order valence-electron chi connectivity index (χ0n) is 14.8. The highest BCUT2D eigenvalue weighted by atomic mass is 16.6. The SMILES string of the molecule is Cc1cccc(C)c1Oc1ccc([N+](=O)[O-])c(Nc2ccc(C#N)cc2)n1. The molecule has 0 radical (unpaired) electrons. The average molecular weight is 360 g/mol. The van der Waals surface area contributed by atoms with E-state index in [2.05, 4.69) is 10.3 Å². The lowest BCUT2D eigenvalue weighted by Crippen LogP contribution is -2.01. The molecule has 3 aromatic rings. The summed E-state index contributed by atoms with van der Waals surface area (Å²) in [5.74, 6) is 0.978. The fourth-order valence-corrected chi connectivity index (χ4v) is 2.56. The number of nitrogens with one attached hydrogen (secondary N) is 1. The summed E-state index contributed by atoms with van der Waals surface area (Å²) in [4.78, 5) is 15.1. The number of aryl methyl sites for hydroxylation is 2. The van der Waals surface area contributed by atoms with Gasteiger partial charge in [0.2, 0.25) is 11.7 Å². The largest absolute Gasteiger partial charge is 0.438 e. The maximum atomic E-state index is 11.3. The maximum absolute atomic E-state index is 11.3. The highest BCUT2D eigenvalue weighted by Crippen LogP contribution is 2.32. The lowest BCUT2D eigenvalue weighted by atomic mass is 10.1. The van der Waals surface area contributed by atoms with Gasteiger partial charge in [-0.15, -0.1) is 0 Å². The first-order valence-corrected chi connectivity index (χ1v) is 8.14. The molecule has 1 heterocycles. The molecule has 7 heteroatoms. The predicted molar refractivity (Wildman–Crippen MR) is 101 cm³/mol. The Labute approximate surface area is 156 Å². The van der Waals surface area contributed by atoms with Crippen LogP contribution in [0.3, 0.4) is 0 Å². The van der Waals surface area contributed by atoms with Gasteiger partial charge in [0.05, 0.1) is 16.6 Å². The highest BCUT2D eigenvalue weighted by molar-refractivity contribution is 5.66. The van der Waals surface area contributed by atoms with Crippen LogP contribution in [0.4, 0.5) is 17.2 Å². The number of nitro groups is 1. The lowest BCUT2D eigenvalue weighted by Gasteiger charge is -2.12. The Balaban J connectivity index is 1.95. The summed E-state index contributed by atoms with van der Waals surface area (Å²) in [6, 6.07) is 17.2. The molecule has 3 rings (SSSR count). The molecule has 0 unspecified atom stereocenters. The van der Waals surface area contributed by atoms with Gasteiger partial charge in [0.25, 0.3) is 0 Å². The lowest BCUT2D eigenvalue weighted by molar-refractivity contribution is -0.384. The van der Waals surface area contributed by atoms with Gasteiger partial charge in [-0.3, -0.25) is 10.1 Å². The molecule has 0 spiro atoms. The molecular weight excluding hydrogens is 344 g/mol. The van der Waals surface area contributed by atoms with Crippen LogP contribution in [0.1, 0.15) is 16.7 Å². The van der Waals surface area contributed by atoms with E-state index in [4.69, 9.17) is 10.00 Å². The molecular formula is C20H16N4O3. The van der Waals surface area contributed by atoms with Gasteiger partial charge in [-0.05, 0) is 49.2 Å². The number of rotatable bonds is 5. The maximum Gasteiger partial charge on any atom is 0.311 e. The Bertz CT molecular complexity index is 1020. The number of aromatic nitrogens is 1. The minimum Gasteiger partial charge on any atom is -0.438 e. The van der Waals surface area contributed by atoms with Gasteiger partial charge in [-0.2, -0.15) is 10.2 Å². The summed E-state index contributed by atoms with van der Waals surface area (Å²) in [5.41, 5.74) is 2.78. The van der Waals surface area contributed by atoms with Gasteiger partial charge in [-0.25, -0.2) is 0 Å². The average Bonchev–Trinajstić information content (AvgIpc) is 2.65. The van der Waals surface area contributed by atoms with Crippen LogP contribution in [-0.2, 0) is 0 Å². The van der Waals surface area contributed by atoms with Gasteiger partial charge >= 0.3 is 5.69 Å². The quantitative estimate of drug-likeness (QED) is 0.507. The van der Waals surface area contributed by atoms with E-state index in [0.717, 1.165) is 11.1 Å². The van der Waals surface area contributed by atoms with Crippen molar-refractivity contribution in [1.82, 2.24) is 4.98 Å². The van der Waals surface area contributed by atoms with Crippen molar-refractivity contribution in [2.24, 2.45) is 0 Å². The van der Waals surface area contributed by atoms with Crippen LogP contribution in [0.5, 0.6) is 11.6 Å². The molecule has 0 saturated heterocycles. The zero-order valence-corrected chi connectivity index (χ0v) is 14.8. The Kier molecular flexibility index (Phi) is 4.99. The molecule has 0 saturated carbocycles. The summed E-state index contributed by atoms with van der Waals surface area (Å²) in [6.45, 7) is 3.84. The standard InChI is InChI=1S/C20H16N4O3/c1-13-4-3-5-14(2)19(13)27-18-11-10-17(24(25)26)20(23-18)22-16-8-6-15(12-21)7-9-16/h3-11H,1-2H3,(H,22,23). The molecule has 0 aliphatic carbocycles. The van der Waals surface area contributed by atoms with Crippen molar-refractivity contribution in [2.75, 3.05) is 5.32 Å². The molecule has 1 N–H and O–H groups in total. The Morgan fingerprint density at radius 1 is 1.07 bits per heavy atom. The molecule has 134 valence electrons. The minimum absolute atomic E-state index is 0.0634. The van der Waals surface area contributed by atoms with Crippen molar-refractivity contribution >= 4 is 17.2 Å². The van der Waals surface area contributed by atoms with Crippen molar-refractivity contribution in [3.05, 3.63) is 81.4 Å². The molecule has 2 aromatic carbocycles. The Morgan fingerprint density at radius 3 is 2.33 bits per heavy atom. The van der Waals surface area contributed by atoms with Crippen molar-refractivity contribution in [3.63, 3.8) is 0 Å². The van der Waals surface area contributed by atoms with E-state index in [1.54, 1.807) is 24.3 Å². The molecule has 0 aliphatic rings. The minimum atomic E-state index is -0.512. The number of hydrogen-bond acceptors (Lipinski definition) is 6. The van der Waals surface area contributed by atoms with Gasteiger partial charge in [0, 0.05) is 17.8 Å². The molecule has 0 amide bonds. The summed E-state index contributed by atoms with van der Waals surface area (Å²) in [6.07, 6.45) is 0. The number of nitriles is 1. The van der Waals surface area contributed by atoms with Crippen LogP contribution in [0, 0.1) is 35.3 Å². The van der Waals surface area contributed by atoms with Gasteiger partial charge in [0.1, 0.15) is 5.75 Å². The van der Waals surface area contributed by atoms with E-state index in [9.17, 15) is 10.1 Å². The molecule has 0 bridgehead atoms. The highest BCUT2D eigenvalue weighted by Gasteiger charge is 2.18. The summed E-state index contributed by atoms with van der Waals surface area (Å²) < 4.78 is 5.87. The second-order valence-corrected chi connectivity index (χ2v) is 5.91. The molecule has 0 aliphatic heterocycles. The molecule has 0 atom stereocenters. The van der Waals surface area contributed by atoms with Gasteiger partial charge < -0.3 is 10.1 Å². The second-order valence-electron chi connectivity index (χ2n) is 5.91. The Hall–Kier alpha value is -3.92. The molecule has 27 heavy (non-hydrogen) atoms. The second kappa shape index (κ2) is 7.54. The molecule has 7 nitrogen and oxygen atoms in total. The fraction of sp³-hybridized carbons (Fsp3) is 0.100. The third-order valence-corrected chi connectivity index (χ3v) is 3.94. The monoisotopic (exact) mass is 360 g/mol. The molecule has 1 aromatic heterocycles. The summed E-state index contributed by atoms with van der Waals surface area (Å²) in [7, 11) is 0. The van der Waals surface area contributed by atoms with Crippen LogP contribution in [0.25, 0.3) is 0 Å². The summed E-state index contributed by atoms with van der Waals surface area (Å²) >= 11 is 0. The normalized spacial score (nSPS) is 10.1. The van der Waals surface area contributed by atoms with E-state index in [-0.39, 0.29) is 17.4 Å². The first-order valence-electron chi connectivity index (χ1n) is 8.14. The van der Waals surface area contributed by atoms with Crippen molar-refractivity contribution in [3.8, 4) is 17.7 Å². The third kappa shape index (κ3) is 4.02. The van der Waals surface area contributed by atoms with Crippen LogP contribution in [0.2, 0.25) is 0 Å². The number of hydrogen-bond donors (Lipinski definition) is 1. The van der Waals surface area contributed by atoms with Crippen molar-refractivity contribution in [1.29, 1.82) is 5.26 Å². The topological polar surface area (TPSA) is 101 Å². The number of ether oxygens (including phenoxy) is 1. The van der Waals surface area contributed by atoms with Crippen molar-refractivity contribution < 1.29 is 9.66 Å².